The second-order valence-electron chi connectivity index (χ2n) is 11.7. The molecule has 1 aliphatic rings. The van der Waals surface area contributed by atoms with Gasteiger partial charge >= 0.3 is 12.4 Å². The fraction of sp³-hybridized carbons (Fsp3) is 0.387. The first-order chi connectivity index (χ1) is 20.2. The molecule has 1 aliphatic heterocycles. The van der Waals surface area contributed by atoms with E-state index in [1.54, 1.807) is 19.9 Å². The third-order valence-electron chi connectivity index (χ3n) is 8.33. The van der Waals surface area contributed by atoms with E-state index in [2.05, 4.69) is 10.3 Å². The standard InChI is InChI=1S/C31H30F7N3O3/c1-16-8-20(32)6-7-21(16)22-12-24(23-13-40-26(43)29(23,4)15-42)39-14-25(22)41(5)27(44)28(2,3)17-9-18(30(33,34)35)11-19(10-17)31(36,37)38/h6-12,14,23,42H,13,15H2,1-5H3,(H,40,43). The number of hydrogen-bond acceptors (Lipinski definition) is 4. The van der Waals surface area contributed by atoms with Gasteiger partial charge in [-0.25, -0.2) is 4.39 Å². The Labute approximate surface area is 248 Å². The maximum atomic E-state index is 14.0. The maximum absolute atomic E-state index is 14.0. The maximum Gasteiger partial charge on any atom is 0.416 e. The summed E-state index contributed by atoms with van der Waals surface area (Å²) in [5.74, 6) is -2.35. The van der Waals surface area contributed by atoms with Crippen LogP contribution in [0.1, 0.15) is 54.6 Å². The van der Waals surface area contributed by atoms with E-state index in [1.165, 1.54) is 45.3 Å². The van der Waals surface area contributed by atoms with E-state index < -0.39 is 64.1 Å². The Morgan fingerprint density at radius 2 is 1.57 bits per heavy atom. The van der Waals surface area contributed by atoms with E-state index in [9.17, 15) is 45.4 Å². The first kappa shape index (κ1) is 32.9. The third kappa shape index (κ3) is 5.89. The van der Waals surface area contributed by atoms with Crippen molar-refractivity contribution in [3.8, 4) is 11.1 Å². The highest BCUT2D eigenvalue weighted by atomic mass is 19.4. The molecular weight excluding hydrogens is 595 g/mol. The molecule has 2 atom stereocenters. The normalized spacial score (nSPS) is 19.2. The van der Waals surface area contributed by atoms with Crippen molar-refractivity contribution in [2.24, 2.45) is 5.41 Å². The summed E-state index contributed by atoms with van der Waals surface area (Å²) in [4.78, 5) is 32.0. The van der Waals surface area contributed by atoms with Gasteiger partial charge in [-0.15, -0.1) is 0 Å². The van der Waals surface area contributed by atoms with Crippen LogP contribution in [0.5, 0.6) is 0 Å². The number of alkyl halides is 6. The van der Waals surface area contributed by atoms with E-state index in [-0.39, 0.29) is 24.2 Å². The number of hydrogen-bond donors (Lipinski definition) is 2. The van der Waals surface area contributed by atoms with Gasteiger partial charge in [-0.3, -0.25) is 14.6 Å². The molecule has 2 aromatic carbocycles. The van der Waals surface area contributed by atoms with Crippen LogP contribution in [0.25, 0.3) is 11.1 Å². The summed E-state index contributed by atoms with van der Waals surface area (Å²) in [5.41, 5.74) is -4.94. The van der Waals surface area contributed by atoms with Crippen LogP contribution in [0.3, 0.4) is 0 Å². The summed E-state index contributed by atoms with van der Waals surface area (Å²) in [6, 6.07) is 6.52. The Bertz CT molecular complexity index is 1590. The van der Waals surface area contributed by atoms with Crippen LogP contribution in [0, 0.1) is 18.2 Å². The molecule has 13 heteroatoms. The Morgan fingerprint density at radius 3 is 2.09 bits per heavy atom. The molecule has 0 radical (unpaired) electrons. The van der Waals surface area contributed by atoms with Crippen molar-refractivity contribution in [1.29, 1.82) is 0 Å². The quantitative estimate of drug-likeness (QED) is 0.312. The SMILES string of the molecule is Cc1cc(F)ccc1-c1cc(C2CNC(=O)C2(C)CO)ncc1N(C)C(=O)C(C)(C)c1cc(C(F)(F)F)cc(C(F)(F)F)c1. The Balaban J connectivity index is 1.86. The van der Waals surface area contributed by atoms with Crippen molar-refractivity contribution < 1.29 is 45.4 Å². The number of benzene rings is 2. The molecule has 4 rings (SSSR count). The zero-order valence-electron chi connectivity index (χ0n) is 24.4. The molecule has 2 amide bonds. The molecule has 2 N–H and O–H groups in total. The lowest BCUT2D eigenvalue weighted by atomic mass is 9.77. The van der Waals surface area contributed by atoms with Crippen LogP contribution in [0.4, 0.5) is 36.4 Å². The molecule has 0 aliphatic carbocycles. The molecule has 3 aromatic rings. The summed E-state index contributed by atoms with van der Waals surface area (Å²) < 4.78 is 95.6. The lowest BCUT2D eigenvalue weighted by Crippen LogP contribution is -2.42. The number of anilines is 1. The Hall–Kier alpha value is -4.00. The van der Waals surface area contributed by atoms with E-state index >= 15 is 0 Å². The zero-order chi connectivity index (χ0) is 33.0. The number of likely N-dealkylation sites (N-methyl/N-ethyl adjacent to an activating group) is 1. The number of amides is 2. The van der Waals surface area contributed by atoms with Crippen molar-refractivity contribution in [3.63, 3.8) is 0 Å². The first-order valence-electron chi connectivity index (χ1n) is 13.5. The number of aliphatic hydroxyl groups excluding tert-OH is 1. The molecule has 0 bridgehead atoms. The van der Waals surface area contributed by atoms with Crippen LogP contribution in [0.2, 0.25) is 0 Å². The molecule has 0 saturated carbocycles. The predicted octanol–water partition coefficient (Wildman–Crippen LogP) is 6.39. The van der Waals surface area contributed by atoms with Crippen LogP contribution >= 0.6 is 0 Å². The summed E-state index contributed by atoms with van der Waals surface area (Å²) in [5, 5.41) is 12.7. The number of carbonyl (C=O) groups excluding carboxylic acids is 2. The number of carbonyl (C=O) groups is 2. The van der Waals surface area contributed by atoms with Crippen LogP contribution < -0.4 is 10.2 Å². The fourth-order valence-electron chi connectivity index (χ4n) is 5.43. The lowest BCUT2D eigenvalue weighted by molar-refractivity contribution is -0.143. The van der Waals surface area contributed by atoms with Crippen molar-refractivity contribution in [1.82, 2.24) is 10.3 Å². The second kappa shape index (κ2) is 11.2. The fourth-order valence-corrected chi connectivity index (χ4v) is 5.43. The Morgan fingerprint density at radius 1 is 1.00 bits per heavy atom. The number of aliphatic hydroxyl groups is 1. The predicted molar refractivity (Wildman–Crippen MR) is 148 cm³/mol. The van der Waals surface area contributed by atoms with Crippen molar-refractivity contribution in [3.05, 3.63) is 82.4 Å². The lowest BCUT2D eigenvalue weighted by Gasteiger charge is -2.32. The van der Waals surface area contributed by atoms with E-state index in [0.717, 1.165) is 4.90 Å². The van der Waals surface area contributed by atoms with Crippen LogP contribution in [-0.4, -0.2) is 42.1 Å². The van der Waals surface area contributed by atoms with Crippen LogP contribution in [-0.2, 0) is 27.4 Å². The number of nitrogens with zero attached hydrogens (tertiary/aromatic N) is 2. The number of aryl methyl sites for hydroxylation is 1. The third-order valence-corrected chi connectivity index (χ3v) is 8.33. The minimum absolute atomic E-state index is 0.00536. The summed E-state index contributed by atoms with van der Waals surface area (Å²) in [6.45, 7) is 5.29. The van der Waals surface area contributed by atoms with Gasteiger partial charge in [0.05, 0.1) is 40.4 Å². The molecular formula is C31H30F7N3O3. The molecule has 6 nitrogen and oxygen atoms in total. The van der Waals surface area contributed by atoms with Gasteiger partial charge in [0.1, 0.15) is 5.82 Å². The molecule has 2 unspecified atom stereocenters. The summed E-state index contributed by atoms with van der Waals surface area (Å²) >= 11 is 0. The highest BCUT2D eigenvalue weighted by molar-refractivity contribution is 6.03. The van der Waals surface area contributed by atoms with E-state index in [1.807, 2.05) is 0 Å². The van der Waals surface area contributed by atoms with Gasteiger partial charge in [-0.05, 0) is 80.8 Å². The molecule has 44 heavy (non-hydrogen) atoms. The molecule has 0 spiro atoms. The van der Waals surface area contributed by atoms with Gasteiger partial charge in [0.25, 0.3) is 0 Å². The largest absolute Gasteiger partial charge is 0.416 e. The van der Waals surface area contributed by atoms with E-state index in [4.69, 9.17) is 0 Å². The van der Waals surface area contributed by atoms with Crippen molar-refractivity contribution in [2.75, 3.05) is 25.1 Å². The summed E-state index contributed by atoms with van der Waals surface area (Å²) in [6.07, 6.45) is -8.91. The first-order valence-corrected chi connectivity index (χ1v) is 13.5. The van der Waals surface area contributed by atoms with Crippen LogP contribution in [0.15, 0.2) is 48.7 Å². The highest BCUT2D eigenvalue weighted by Crippen LogP contribution is 2.43. The molecule has 1 saturated heterocycles. The van der Waals surface area contributed by atoms with Gasteiger partial charge in [-0.2, -0.15) is 26.3 Å². The molecule has 236 valence electrons. The van der Waals surface area contributed by atoms with Crippen molar-refractivity contribution >= 4 is 17.5 Å². The van der Waals surface area contributed by atoms with Gasteiger partial charge < -0.3 is 15.3 Å². The topological polar surface area (TPSA) is 82.5 Å². The van der Waals surface area contributed by atoms with Gasteiger partial charge in [0.15, 0.2) is 0 Å². The number of aromatic nitrogens is 1. The minimum atomic E-state index is -5.10. The monoisotopic (exact) mass is 625 g/mol. The second-order valence-corrected chi connectivity index (χ2v) is 11.7. The average molecular weight is 626 g/mol. The number of rotatable bonds is 6. The number of nitrogens with one attached hydrogen (secondary N) is 1. The molecule has 1 aromatic heterocycles. The smallest absolute Gasteiger partial charge is 0.395 e. The highest BCUT2D eigenvalue weighted by Gasteiger charge is 2.48. The minimum Gasteiger partial charge on any atom is -0.395 e. The number of halogens is 7. The van der Waals surface area contributed by atoms with Gasteiger partial charge in [0.2, 0.25) is 11.8 Å². The average Bonchev–Trinajstić information content (AvgIpc) is 3.24. The Kier molecular flexibility index (Phi) is 8.35. The summed E-state index contributed by atoms with van der Waals surface area (Å²) in [7, 11) is 1.31. The van der Waals surface area contributed by atoms with E-state index in [0.29, 0.717) is 34.5 Å². The zero-order valence-corrected chi connectivity index (χ0v) is 24.4. The van der Waals surface area contributed by atoms with Gasteiger partial charge in [0, 0.05) is 30.8 Å². The number of pyridine rings is 1. The van der Waals surface area contributed by atoms with Gasteiger partial charge in [-0.1, -0.05) is 6.07 Å². The molecule has 1 fully saturated rings. The van der Waals surface area contributed by atoms with Crippen molar-refractivity contribution in [2.45, 2.75) is 51.4 Å². The molecule has 2 heterocycles.